The maximum Gasteiger partial charge on any atom is 0.326 e. The van der Waals surface area contributed by atoms with Crippen molar-refractivity contribution in [2.45, 2.75) is 116 Å². The molecule has 0 aliphatic heterocycles. The summed E-state index contributed by atoms with van der Waals surface area (Å²) in [4.78, 5) is 37.1. The molecule has 7 N–H and O–H groups in total. The number of carbonyl (C=O) groups is 3. The van der Waals surface area contributed by atoms with Crippen LogP contribution >= 0.6 is 0 Å². The number of carbonyl (C=O) groups excluding carboxylic acids is 2. The second kappa shape index (κ2) is 13.0. The molecule has 5 rings (SSSR count). The quantitative estimate of drug-likeness (QED) is 0.204. The first-order valence-corrected chi connectivity index (χ1v) is 16.9. The third kappa shape index (κ3) is 6.50. The van der Waals surface area contributed by atoms with Crippen LogP contribution in [0.2, 0.25) is 0 Å². The van der Waals surface area contributed by atoms with E-state index < -0.39 is 12.0 Å². The first-order chi connectivity index (χ1) is 20.8. The number of fused-ring (bicyclic) bond motifs is 5. The van der Waals surface area contributed by atoms with Crippen LogP contribution in [0.4, 0.5) is 11.4 Å². The molecule has 4 fully saturated rings. The van der Waals surface area contributed by atoms with Crippen LogP contribution in [0.3, 0.4) is 0 Å². The van der Waals surface area contributed by atoms with E-state index in [0.717, 1.165) is 51.4 Å². The highest BCUT2D eigenvalue weighted by Gasteiger charge is 2.62. The Morgan fingerprint density at radius 3 is 2.27 bits per heavy atom. The molecule has 0 unspecified atom stereocenters. The van der Waals surface area contributed by atoms with Gasteiger partial charge in [0.25, 0.3) is 0 Å². The van der Waals surface area contributed by atoms with Crippen molar-refractivity contribution in [3.8, 4) is 0 Å². The molecule has 0 bridgehead atoms. The molecule has 9 nitrogen and oxygen atoms in total. The van der Waals surface area contributed by atoms with E-state index in [-0.39, 0.29) is 54.1 Å². The zero-order valence-corrected chi connectivity index (χ0v) is 26.6. The highest BCUT2D eigenvalue weighted by molar-refractivity contribution is 5.91. The Morgan fingerprint density at radius 1 is 0.909 bits per heavy atom. The molecule has 1 aromatic rings. The Bertz CT molecular complexity index is 1210. The second-order valence-electron chi connectivity index (χ2n) is 15.1. The third-order valence-electron chi connectivity index (χ3n) is 12.7. The number of aliphatic carboxylic acids is 1. The van der Waals surface area contributed by atoms with Crippen molar-refractivity contribution in [2.24, 2.45) is 46.3 Å². The van der Waals surface area contributed by atoms with Gasteiger partial charge in [-0.05, 0) is 135 Å². The number of hydrogen-bond donors (Lipinski definition) is 6. The maximum absolute atomic E-state index is 12.9. The molecule has 244 valence electrons. The maximum atomic E-state index is 12.9. The van der Waals surface area contributed by atoms with Crippen molar-refractivity contribution in [3.63, 3.8) is 0 Å². The third-order valence-corrected chi connectivity index (χ3v) is 12.7. The summed E-state index contributed by atoms with van der Waals surface area (Å²) in [6.07, 6.45) is 8.36. The van der Waals surface area contributed by atoms with Crippen molar-refractivity contribution in [3.05, 3.63) is 24.3 Å². The van der Waals surface area contributed by atoms with Crippen LogP contribution in [-0.2, 0) is 14.4 Å². The van der Waals surface area contributed by atoms with Crippen LogP contribution in [-0.4, -0.2) is 51.4 Å². The molecule has 0 heterocycles. The summed E-state index contributed by atoms with van der Waals surface area (Å²) in [6.45, 7) is 7.08. The standard InChI is InChI=1S/C35H53N3O6/c1-20(4-12-31(42)38-28(33(43)44)11-13-30(41)37-23-7-5-22(36)6-8-23)25-9-10-26-32-27(15-17-35(25,26)3)34(2)16-14-24(39)18-21(34)19-29(32)40/h5-8,20-21,24-29,32,39-40H,4,9-19,36H2,1-3H3,(H,37,41)(H,38,42)(H,43,44)/t20-,21+,24-,25-,26+,27+,28+,29-,32+,34+,35-/m1/s1. The Morgan fingerprint density at radius 2 is 1.57 bits per heavy atom. The molecule has 4 aliphatic rings. The number of amides is 2. The molecule has 11 atom stereocenters. The van der Waals surface area contributed by atoms with Gasteiger partial charge in [0.2, 0.25) is 11.8 Å². The van der Waals surface area contributed by atoms with Crippen molar-refractivity contribution in [1.29, 1.82) is 0 Å². The van der Waals surface area contributed by atoms with E-state index in [1.165, 1.54) is 0 Å². The molecule has 4 aliphatic carbocycles. The minimum absolute atomic E-state index is 0.00340. The lowest BCUT2D eigenvalue weighted by atomic mass is 9.43. The van der Waals surface area contributed by atoms with Gasteiger partial charge in [-0.1, -0.05) is 20.8 Å². The van der Waals surface area contributed by atoms with Crippen molar-refractivity contribution in [1.82, 2.24) is 5.32 Å². The number of hydrogen-bond acceptors (Lipinski definition) is 6. The number of nitrogens with two attached hydrogens (primary N) is 1. The number of aliphatic hydroxyl groups is 2. The zero-order valence-electron chi connectivity index (χ0n) is 26.6. The monoisotopic (exact) mass is 611 g/mol. The first-order valence-electron chi connectivity index (χ1n) is 16.9. The van der Waals surface area contributed by atoms with Gasteiger partial charge in [0.1, 0.15) is 6.04 Å². The number of benzene rings is 1. The molecule has 4 saturated carbocycles. The fourth-order valence-corrected chi connectivity index (χ4v) is 10.3. The van der Waals surface area contributed by atoms with E-state index in [2.05, 4.69) is 31.4 Å². The molecular weight excluding hydrogens is 558 g/mol. The van der Waals surface area contributed by atoms with Gasteiger partial charge >= 0.3 is 5.97 Å². The number of carboxylic acid groups (broad SMARTS) is 1. The van der Waals surface area contributed by atoms with Gasteiger partial charge in [-0.3, -0.25) is 9.59 Å². The first kappa shape index (κ1) is 32.7. The van der Waals surface area contributed by atoms with Crippen molar-refractivity contribution in [2.75, 3.05) is 11.1 Å². The minimum atomic E-state index is -1.15. The number of nitrogens with one attached hydrogen (secondary N) is 2. The molecule has 0 saturated heterocycles. The molecular formula is C35H53N3O6. The van der Waals surface area contributed by atoms with Gasteiger partial charge in [-0.2, -0.15) is 0 Å². The zero-order chi connectivity index (χ0) is 31.8. The number of aliphatic hydroxyl groups excluding tert-OH is 2. The minimum Gasteiger partial charge on any atom is -0.480 e. The summed E-state index contributed by atoms with van der Waals surface area (Å²) >= 11 is 0. The summed E-state index contributed by atoms with van der Waals surface area (Å²) in [5.74, 6) is 0.664. The summed E-state index contributed by atoms with van der Waals surface area (Å²) in [6, 6.07) is 5.58. The molecule has 0 spiro atoms. The van der Waals surface area contributed by atoms with Crippen LogP contribution in [0.1, 0.15) is 97.8 Å². The Hall–Kier alpha value is -2.65. The fraction of sp³-hybridized carbons (Fsp3) is 0.743. The van der Waals surface area contributed by atoms with Crippen LogP contribution < -0.4 is 16.4 Å². The van der Waals surface area contributed by atoms with Crippen molar-refractivity contribution >= 4 is 29.2 Å². The van der Waals surface area contributed by atoms with Gasteiger partial charge in [-0.15, -0.1) is 0 Å². The van der Waals surface area contributed by atoms with Gasteiger partial charge in [0.15, 0.2) is 0 Å². The lowest BCUT2D eigenvalue weighted by Gasteiger charge is -2.62. The van der Waals surface area contributed by atoms with Gasteiger partial charge in [0, 0.05) is 24.2 Å². The average molecular weight is 612 g/mol. The van der Waals surface area contributed by atoms with E-state index in [1.807, 2.05) is 0 Å². The Labute approximate surface area is 261 Å². The lowest BCUT2D eigenvalue weighted by Crippen LogP contribution is -2.58. The summed E-state index contributed by atoms with van der Waals surface area (Å²) < 4.78 is 0. The SMILES string of the molecule is C[C@H](CCC(=O)N[C@@H](CCC(=O)Nc1ccc(N)cc1)C(=O)O)[C@H]1CC[C@H]2[C@@H]3[C@H](O)C[C@@H]4C[C@H](O)CC[C@]4(C)[C@H]3CC[C@]12C. The average Bonchev–Trinajstić information content (AvgIpc) is 3.33. The Kier molecular flexibility index (Phi) is 9.66. The van der Waals surface area contributed by atoms with E-state index >= 15 is 0 Å². The van der Waals surface area contributed by atoms with E-state index in [1.54, 1.807) is 24.3 Å². The predicted octanol–water partition coefficient (Wildman–Crippen LogP) is 4.96. The molecule has 2 amide bonds. The summed E-state index contributed by atoms with van der Waals surface area (Å²) in [5.41, 5.74) is 7.15. The van der Waals surface area contributed by atoms with E-state index in [4.69, 9.17) is 5.73 Å². The topological polar surface area (TPSA) is 162 Å². The molecule has 9 heteroatoms. The molecule has 1 aromatic carbocycles. The normalized spacial score (nSPS) is 37.5. The Balaban J connectivity index is 1.13. The van der Waals surface area contributed by atoms with Crippen molar-refractivity contribution < 1.29 is 29.7 Å². The van der Waals surface area contributed by atoms with Gasteiger partial charge < -0.3 is 31.7 Å². The summed E-state index contributed by atoms with van der Waals surface area (Å²) in [7, 11) is 0. The van der Waals surface area contributed by atoms with E-state index in [0.29, 0.717) is 53.3 Å². The predicted molar refractivity (Wildman–Crippen MR) is 169 cm³/mol. The van der Waals surface area contributed by atoms with E-state index in [9.17, 15) is 29.7 Å². The van der Waals surface area contributed by atoms with Crippen LogP contribution in [0, 0.1) is 46.3 Å². The largest absolute Gasteiger partial charge is 0.480 e. The van der Waals surface area contributed by atoms with Gasteiger partial charge in [0.05, 0.1) is 12.2 Å². The highest BCUT2D eigenvalue weighted by Crippen LogP contribution is 2.68. The van der Waals surface area contributed by atoms with Crippen LogP contribution in [0.5, 0.6) is 0 Å². The molecule has 44 heavy (non-hydrogen) atoms. The number of nitrogen functional groups attached to an aromatic ring is 1. The van der Waals surface area contributed by atoms with Gasteiger partial charge in [-0.25, -0.2) is 4.79 Å². The number of carboxylic acids is 1. The fourth-order valence-electron chi connectivity index (χ4n) is 10.3. The smallest absolute Gasteiger partial charge is 0.326 e. The van der Waals surface area contributed by atoms with Crippen LogP contribution in [0.25, 0.3) is 0 Å². The highest BCUT2D eigenvalue weighted by atomic mass is 16.4. The molecule has 0 aromatic heterocycles. The number of rotatable bonds is 10. The van der Waals surface area contributed by atoms with Crippen LogP contribution in [0.15, 0.2) is 24.3 Å². The molecule has 0 radical (unpaired) electrons. The lowest BCUT2D eigenvalue weighted by molar-refractivity contribution is -0.174. The summed E-state index contributed by atoms with van der Waals surface area (Å²) in [5, 5.41) is 36.9. The number of anilines is 2. The second-order valence-corrected chi connectivity index (χ2v) is 15.1.